The van der Waals surface area contributed by atoms with Crippen LogP contribution in [0.25, 0.3) is 0 Å². The van der Waals surface area contributed by atoms with Gasteiger partial charge in [-0.05, 0) is 13.0 Å². The Labute approximate surface area is 88.2 Å². The normalized spacial score (nSPS) is 15.1. The molecule has 0 radical (unpaired) electrons. The van der Waals surface area contributed by atoms with E-state index in [-0.39, 0.29) is 11.9 Å². The first kappa shape index (κ1) is 11.5. The van der Waals surface area contributed by atoms with E-state index in [0.717, 1.165) is 10.6 Å². The van der Waals surface area contributed by atoms with E-state index in [1.807, 2.05) is 13.0 Å². The summed E-state index contributed by atoms with van der Waals surface area (Å²) in [6, 6.07) is 3.65. The van der Waals surface area contributed by atoms with E-state index in [2.05, 4.69) is 4.98 Å². The molecule has 1 rings (SSSR count). The first-order valence-electron chi connectivity index (χ1n) is 4.55. The fourth-order valence-electron chi connectivity index (χ4n) is 1.05. The minimum absolute atomic E-state index is 0.0994. The highest BCUT2D eigenvalue weighted by atomic mass is 32.2. The Morgan fingerprint density at radius 3 is 2.79 bits per heavy atom. The predicted octanol–water partition coefficient (Wildman–Crippen LogP) is 1.61. The number of thioether (sulfide) groups is 1. The monoisotopic (exact) mass is 213 g/mol. The van der Waals surface area contributed by atoms with E-state index in [1.54, 1.807) is 19.2 Å². The Kier molecular flexibility index (Phi) is 4.38. The molecule has 2 N–H and O–H groups in total. The number of hydrogen-bond donors (Lipinski definition) is 2. The molecule has 0 spiro atoms. The lowest BCUT2D eigenvalue weighted by molar-refractivity contribution is 0.195. The van der Waals surface area contributed by atoms with Crippen molar-refractivity contribution in [3.05, 3.63) is 23.9 Å². The van der Waals surface area contributed by atoms with Gasteiger partial charge in [-0.25, -0.2) is 4.98 Å². The standard InChI is InChI=1S/C10H15NO2S/c1-7(6-12)14-10-9(8(2)13)4-3-5-11-10/h3-5,7-8,12-13H,6H2,1-2H3/t7?,8-/m1/s1. The van der Waals surface area contributed by atoms with Crippen molar-refractivity contribution < 1.29 is 10.2 Å². The number of nitrogens with zero attached hydrogens (tertiary/aromatic N) is 1. The number of hydrogen-bond acceptors (Lipinski definition) is 4. The van der Waals surface area contributed by atoms with Gasteiger partial charge in [0.05, 0.1) is 12.7 Å². The molecular weight excluding hydrogens is 198 g/mol. The lowest BCUT2D eigenvalue weighted by Crippen LogP contribution is -2.04. The van der Waals surface area contributed by atoms with Crippen LogP contribution in [0.5, 0.6) is 0 Å². The van der Waals surface area contributed by atoms with Crippen molar-refractivity contribution in [3.63, 3.8) is 0 Å². The third-order valence-corrected chi connectivity index (χ3v) is 2.94. The maximum absolute atomic E-state index is 9.47. The van der Waals surface area contributed by atoms with Crippen molar-refractivity contribution >= 4 is 11.8 Å². The second kappa shape index (κ2) is 5.34. The van der Waals surface area contributed by atoms with Crippen molar-refractivity contribution in [2.75, 3.05) is 6.61 Å². The van der Waals surface area contributed by atoms with E-state index in [9.17, 15) is 5.11 Å². The van der Waals surface area contributed by atoms with Gasteiger partial charge in [0, 0.05) is 17.0 Å². The van der Waals surface area contributed by atoms with Crippen molar-refractivity contribution in [1.82, 2.24) is 4.98 Å². The quantitative estimate of drug-likeness (QED) is 0.746. The first-order chi connectivity index (χ1) is 6.65. The van der Waals surface area contributed by atoms with E-state index < -0.39 is 6.10 Å². The second-order valence-electron chi connectivity index (χ2n) is 3.18. The Hall–Kier alpha value is -0.580. The van der Waals surface area contributed by atoms with E-state index in [0.29, 0.717) is 0 Å². The number of rotatable bonds is 4. The summed E-state index contributed by atoms with van der Waals surface area (Å²) in [5.74, 6) is 0. The molecular formula is C10H15NO2S. The van der Waals surface area contributed by atoms with Crippen LogP contribution in [-0.2, 0) is 0 Å². The number of aliphatic hydroxyl groups excluding tert-OH is 2. The third kappa shape index (κ3) is 2.97. The van der Waals surface area contributed by atoms with Crippen LogP contribution in [0, 0.1) is 0 Å². The zero-order chi connectivity index (χ0) is 10.6. The van der Waals surface area contributed by atoms with Crippen LogP contribution in [0.4, 0.5) is 0 Å². The average molecular weight is 213 g/mol. The average Bonchev–Trinajstić information content (AvgIpc) is 2.18. The van der Waals surface area contributed by atoms with Crippen LogP contribution < -0.4 is 0 Å². The van der Waals surface area contributed by atoms with E-state index >= 15 is 0 Å². The number of pyridine rings is 1. The van der Waals surface area contributed by atoms with Crippen LogP contribution in [-0.4, -0.2) is 27.1 Å². The van der Waals surface area contributed by atoms with Gasteiger partial charge in [0.25, 0.3) is 0 Å². The molecule has 4 heteroatoms. The summed E-state index contributed by atoms with van der Waals surface area (Å²) in [6.07, 6.45) is 1.18. The molecule has 14 heavy (non-hydrogen) atoms. The number of aromatic nitrogens is 1. The maximum Gasteiger partial charge on any atom is 0.102 e. The van der Waals surface area contributed by atoms with Crippen molar-refractivity contribution in [2.24, 2.45) is 0 Å². The Morgan fingerprint density at radius 1 is 1.50 bits per heavy atom. The minimum atomic E-state index is -0.517. The van der Waals surface area contributed by atoms with Gasteiger partial charge in [0.1, 0.15) is 5.03 Å². The summed E-state index contributed by atoms with van der Waals surface area (Å²) < 4.78 is 0. The summed E-state index contributed by atoms with van der Waals surface area (Å²) in [7, 11) is 0. The first-order valence-corrected chi connectivity index (χ1v) is 5.43. The summed E-state index contributed by atoms with van der Waals surface area (Å²) in [5, 5.41) is 19.3. The maximum atomic E-state index is 9.47. The molecule has 2 atom stereocenters. The smallest absolute Gasteiger partial charge is 0.102 e. The summed E-state index contributed by atoms with van der Waals surface area (Å²) >= 11 is 1.48. The zero-order valence-electron chi connectivity index (χ0n) is 8.34. The molecule has 0 saturated carbocycles. The van der Waals surface area contributed by atoms with Gasteiger partial charge in [0.2, 0.25) is 0 Å². The van der Waals surface area contributed by atoms with Crippen LogP contribution in [0.15, 0.2) is 23.4 Å². The van der Waals surface area contributed by atoms with E-state index in [4.69, 9.17) is 5.11 Å². The Balaban J connectivity index is 2.84. The molecule has 3 nitrogen and oxygen atoms in total. The molecule has 0 amide bonds. The van der Waals surface area contributed by atoms with E-state index in [1.165, 1.54) is 11.8 Å². The lowest BCUT2D eigenvalue weighted by Gasteiger charge is -2.12. The molecule has 1 aromatic heterocycles. The van der Waals surface area contributed by atoms with Gasteiger partial charge in [-0.15, -0.1) is 11.8 Å². The summed E-state index contributed by atoms with van der Waals surface area (Å²) in [6.45, 7) is 3.75. The molecule has 0 saturated heterocycles. The van der Waals surface area contributed by atoms with Crippen molar-refractivity contribution in [2.45, 2.75) is 30.2 Å². The molecule has 1 unspecified atom stereocenters. The molecule has 0 bridgehead atoms. The van der Waals surface area contributed by atoms with Gasteiger partial charge >= 0.3 is 0 Å². The topological polar surface area (TPSA) is 53.4 Å². The van der Waals surface area contributed by atoms with Crippen LogP contribution in [0.1, 0.15) is 25.5 Å². The molecule has 0 aromatic carbocycles. The van der Waals surface area contributed by atoms with Crippen LogP contribution in [0.2, 0.25) is 0 Å². The fraction of sp³-hybridized carbons (Fsp3) is 0.500. The molecule has 78 valence electrons. The Morgan fingerprint density at radius 2 is 2.21 bits per heavy atom. The largest absolute Gasteiger partial charge is 0.395 e. The van der Waals surface area contributed by atoms with Gasteiger partial charge in [0.15, 0.2) is 0 Å². The van der Waals surface area contributed by atoms with Gasteiger partial charge < -0.3 is 10.2 Å². The molecule has 0 aliphatic heterocycles. The summed E-state index contributed by atoms with van der Waals surface area (Å²) in [5.41, 5.74) is 0.817. The molecule has 0 aliphatic rings. The predicted molar refractivity (Wildman–Crippen MR) is 57.3 cm³/mol. The van der Waals surface area contributed by atoms with Crippen molar-refractivity contribution in [1.29, 1.82) is 0 Å². The minimum Gasteiger partial charge on any atom is -0.395 e. The highest BCUT2D eigenvalue weighted by Crippen LogP contribution is 2.27. The van der Waals surface area contributed by atoms with Gasteiger partial charge in [-0.2, -0.15) is 0 Å². The third-order valence-electron chi connectivity index (χ3n) is 1.82. The highest BCUT2D eigenvalue weighted by molar-refractivity contribution is 7.99. The van der Waals surface area contributed by atoms with Gasteiger partial charge in [-0.1, -0.05) is 13.0 Å². The Bertz CT molecular complexity index is 291. The van der Waals surface area contributed by atoms with Crippen LogP contribution in [0.3, 0.4) is 0 Å². The second-order valence-corrected chi connectivity index (χ2v) is 4.61. The molecule has 0 fully saturated rings. The summed E-state index contributed by atoms with van der Waals surface area (Å²) in [4.78, 5) is 4.18. The number of aliphatic hydroxyl groups is 2. The fourth-order valence-corrected chi connectivity index (χ4v) is 2.00. The van der Waals surface area contributed by atoms with Gasteiger partial charge in [-0.3, -0.25) is 0 Å². The SMILES string of the molecule is CC(CO)Sc1ncccc1[C@@H](C)O. The molecule has 0 aliphatic carbocycles. The molecule has 1 heterocycles. The molecule has 1 aromatic rings. The van der Waals surface area contributed by atoms with Crippen molar-refractivity contribution in [3.8, 4) is 0 Å². The zero-order valence-corrected chi connectivity index (χ0v) is 9.16. The highest BCUT2D eigenvalue weighted by Gasteiger charge is 2.11. The van der Waals surface area contributed by atoms with Crippen LogP contribution >= 0.6 is 11.8 Å². The lowest BCUT2D eigenvalue weighted by atomic mass is 10.2.